The molecule has 44 heavy (non-hydrogen) atoms. The van der Waals surface area contributed by atoms with E-state index in [-0.39, 0.29) is 0 Å². The maximum atomic E-state index is 5.19. The van der Waals surface area contributed by atoms with E-state index in [1.807, 2.05) is 49.1 Å². The van der Waals surface area contributed by atoms with Gasteiger partial charge in [0, 0.05) is 66.9 Å². The number of thiophene rings is 2. The fraction of sp³-hybridized carbons (Fsp3) is 0. The van der Waals surface area contributed by atoms with Gasteiger partial charge in [-0.15, -0.1) is 22.7 Å². The van der Waals surface area contributed by atoms with Crippen LogP contribution in [0, 0.1) is 0 Å². The van der Waals surface area contributed by atoms with Crippen LogP contribution in [0.2, 0.25) is 0 Å². The van der Waals surface area contributed by atoms with Crippen molar-refractivity contribution in [2.45, 2.75) is 0 Å². The van der Waals surface area contributed by atoms with Gasteiger partial charge in [-0.2, -0.15) is 0 Å². The number of benzene rings is 4. The zero-order valence-electron chi connectivity index (χ0n) is 22.9. The van der Waals surface area contributed by atoms with Crippen LogP contribution in [0.1, 0.15) is 0 Å². The number of hydrogen-bond acceptors (Lipinski definition) is 8. The molecule has 0 amide bonds. The Labute approximate surface area is 257 Å². The van der Waals surface area contributed by atoms with Crippen LogP contribution in [0.5, 0.6) is 0 Å². The first-order chi connectivity index (χ1) is 21.8. The van der Waals surface area contributed by atoms with Gasteiger partial charge >= 0.3 is 0 Å². The lowest BCUT2D eigenvalue weighted by molar-refractivity contribution is 1.21. The third-order valence-electron chi connectivity index (χ3n) is 8.28. The molecule has 0 radical (unpaired) electrons. The molecule has 6 heterocycles. The number of hydrogen-bond donors (Lipinski definition) is 0. The third-order valence-corrected chi connectivity index (χ3v) is 10.5. The molecule has 0 saturated heterocycles. The molecule has 0 aliphatic rings. The Morgan fingerprint density at radius 1 is 0.386 bits per heavy atom. The summed E-state index contributed by atoms with van der Waals surface area (Å²) in [5.74, 6) is 1.31. The highest BCUT2D eigenvalue weighted by molar-refractivity contribution is 7.26. The van der Waals surface area contributed by atoms with Crippen molar-refractivity contribution < 1.29 is 0 Å². The monoisotopic (exact) mass is 598 g/mol. The van der Waals surface area contributed by atoms with Crippen LogP contribution in [-0.4, -0.2) is 29.9 Å². The van der Waals surface area contributed by atoms with Gasteiger partial charge in [-0.05, 0) is 71.4 Å². The fourth-order valence-electron chi connectivity index (χ4n) is 6.22. The molecular formula is C36H18N6S2. The van der Waals surface area contributed by atoms with Gasteiger partial charge in [0.15, 0.2) is 11.6 Å². The summed E-state index contributed by atoms with van der Waals surface area (Å²) in [6.45, 7) is 0. The van der Waals surface area contributed by atoms with Crippen LogP contribution in [-0.2, 0) is 0 Å². The van der Waals surface area contributed by atoms with Gasteiger partial charge in [0.2, 0.25) is 0 Å². The van der Waals surface area contributed by atoms with Crippen LogP contribution in [0.15, 0.2) is 110 Å². The SMILES string of the molecule is c1cnc2c(c1)sc1ccc(-c3ncc4c5ccccc5c5cnc(-c6ccc7sc8cccnc8c7c6)nc5c4n3)cc12. The van der Waals surface area contributed by atoms with Gasteiger partial charge in [-0.1, -0.05) is 24.3 Å². The van der Waals surface area contributed by atoms with Crippen molar-refractivity contribution in [3.8, 4) is 22.8 Å². The Bertz CT molecular complexity index is 2610. The molecule has 0 atom stereocenters. The van der Waals surface area contributed by atoms with Crippen LogP contribution < -0.4 is 0 Å². The average molecular weight is 599 g/mol. The highest BCUT2D eigenvalue weighted by Gasteiger charge is 2.17. The van der Waals surface area contributed by atoms with Crippen molar-refractivity contribution in [1.29, 1.82) is 0 Å². The highest BCUT2D eigenvalue weighted by atomic mass is 32.1. The molecule has 204 valence electrons. The molecule has 0 N–H and O–H groups in total. The van der Waals surface area contributed by atoms with Gasteiger partial charge in [0.25, 0.3) is 0 Å². The molecule has 0 spiro atoms. The zero-order chi connectivity index (χ0) is 28.8. The van der Waals surface area contributed by atoms with Crippen LogP contribution in [0.25, 0.3) is 96.0 Å². The molecule has 4 aromatic carbocycles. The van der Waals surface area contributed by atoms with E-state index in [2.05, 4.69) is 70.6 Å². The molecule has 10 aromatic rings. The molecule has 6 aromatic heterocycles. The number of nitrogens with zero attached hydrogens (tertiary/aromatic N) is 6. The predicted molar refractivity (Wildman–Crippen MR) is 182 cm³/mol. The zero-order valence-corrected chi connectivity index (χ0v) is 24.5. The van der Waals surface area contributed by atoms with E-state index in [0.717, 1.165) is 65.5 Å². The number of fused-ring (bicyclic) bond motifs is 12. The summed E-state index contributed by atoms with van der Waals surface area (Å²) in [7, 11) is 0. The van der Waals surface area contributed by atoms with Gasteiger partial charge in [-0.25, -0.2) is 19.9 Å². The van der Waals surface area contributed by atoms with Gasteiger partial charge in [-0.3, -0.25) is 9.97 Å². The van der Waals surface area contributed by atoms with Crippen LogP contribution >= 0.6 is 22.7 Å². The molecule has 0 aliphatic carbocycles. The summed E-state index contributed by atoms with van der Waals surface area (Å²) in [4.78, 5) is 29.4. The Balaban J connectivity index is 1.22. The Morgan fingerprint density at radius 2 is 0.886 bits per heavy atom. The topological polar surface area (TPSA) is 77.3 Å². The molecule has 0 bridgehead atoms. The van der Waals surface area contributed by atoms with E-state index in [1.54, 1.807) is 22.7 Å². The fourth-order valence-corrected chi connectivity index (χ4v) is 8.31. The van der Waals surface area contributed by atoms with Crippen molar-refractivity contribution in [2.75, 3.05) is 0 Å². The molecule has 0 aliphatic heterocycles. The lowest BCUT2D eigenvalue weighted by atomic mass is 10.0. The molecule has 8 heteroatoms. The number of pyridine rings is 2. The van der Waals surface area contributed by atoms with E-state index < -0.39 is 0 Å². The van der Waals surface area contributed by atoms with Crippen molar-refractivity contribution >= 4 is 95.9 Å². The normalized spacial score (nSPS) is 12.1. The molecule has 10 rings (SSSR count). The molecule has 0 saturated carbocycles. The van der Waals surface area contributed by atoms with Gasteiger partial charge in [0.1, 0.15) is 11.0 Å². The Kier molecular flexibility index (Phi) is 4.94. The van der Waals surface area contributed by atoms with E-state index in [1.165, 1.54) is 18.8 Å². The second-order valence-corrected chi connectivity index (χ2v) is 13.0. The van der Waals surface area contributed by atoms with Crippen molar-refractivity contribution in [3.05, 3.63) is 110 Å². The molecule has 6 nitrogen and oxygen atoms in total. The molecule has 0 unspecified atom stereocenters. The lowest BCUT2D eigenvalue weighted by Gasteiger charge is -2.11. The maximum absolute atomic E-state index is 5.19. The quantitative estimate of drug-likeness (QED) is 0.184. The number of rotatable bonds is 2. The first-order valence-electron chi connectivity index (χ1n) is 14.2. The summed E-state index contributed by atoms with van der Waals surface area (Å²) < 4.78 is 4.74. The minimum Gasteiger partial charge on any atom is -0.255 e. The largest absolute Gasteiger partial charge is 0.255 e. The second-order valence-electron chi connectivity index (χ2n) is 10.8. The van der Waals surface area contributed by atoms with E-state index >= 15 is 0 Å². The highest BCUT2D eigenvalue weighted by Crippen LogP contribution is 2.38. The Hall–Kier alpha value is -5.44. The summed E-state index contributed by atoms with van der Waals surface area (Å²) in [5.41, 5.74) is 5.53. The standard InChI is InChI=1S/C36H18N6S2/c1-2-6-22-21(5-1)25-17-39-35(19-9-11-27-23(15-19)31-29(43-27)7-3-13-37-31)41-33(25)34-26(22)18-40-36(42-34)20-10-12-28-24(16-20)32-30(44-28)8-4-14-38-32/h1-18H. The van der Waals surface area contributed by atoms with E-state index in [4.69, 9.17) is 19.9 Å². The minimum atomic E-state index is 0.656. The predicted octanol–water partition coefficient (Wildman–Crippen LogP) is 9.59. The summed E-state index contributed by atoms with van der Waals surface area (Å²) in [5, 5.41) is 6.33. The third kappa shape index (κ3) is 3.46. The summed E-state index contributed by atoms with van der Waals surface area (Å²) in [6.07, 6.45) is 7.56. The van der Waals surface area contributed by atoms with Crippen LogP contribution in [0.3, 0.4) is 0 Å². The van der Waals surface area contributed by atoms with E-state index in [9.17, 15) is 0 Å². The van der Waals surface area contributed by atoms with Crippen molar-refractivity contribution in [3.63, 3.8) is 0 Å². The minimum absolute atomic E-state index is 0.656. The molecular weight excluding hydrogens is 581 g/mol. The summed E-state index contributed by atoms with van der Waals surface area (Å²) in [6, 6.07) is 29.3. The maximum Gasteiger partial charge on any atom is 0.159 e. The van der Waals surface area contributed by atoms with Crippen molar-refractivity contribution in [1.82, 2.24) is 29.9 Å². The summed E-state index contributed by atoms with van der Waals surface area (Å²) >= 11 is 3.50. The van der Waals surface area contributed by atoms with Crippen LogP contribution in [0.4, 0.5) is 0 Å². The van der Waals surface area contributed by atoms with Crippen molar-refractivity contribution in [2.24, 2.45) is 0 Å². The first kappa shape index (κ1) is 24.0. The first-order valence-corrected chi connectivity index (χ1v) is 15.8. The number of aromatic nitrogens is 6. The van der Waals surface area contributed by atoms with Gasteiger partial charge < -0.3 is 0 Å². The average Bonchev–Trinajstić information content (AvgIpc) is 3.65. The lowest BCUT2D eigenvalue weighted by Crippen LogP contribution is -1.96. The smallest absolute Gasteiger partial charge is 0.159 e. The van der Waals surface area contributed by atoms with Gasteiger partial charge in [0.05, 0.1) is 20.4 Å². The Morgan fingerprint density at radius 3 is 1.39 bits per heavy atom. The molecule has 0 fully saturated rings. The van der Waals surface area contributed by atoms with E-state index in [0.29, 0.717) is 11.6 Å². The second kappa shape index (κ2) is 9.03.